The molecule has 0 N–H and O–H groups in total. The second kappa shape index (κ2) is 7.59. The minimum absolute atomic E-state index is 0.200. The van der Waals surface area contributed by atoms with E-state index in [1.807, 2.05) is 21.6 Å². The number of thioether (sulfide) groups is 1. The van der Waals surface area contributed by atoms with E-state index in [1.54, 1.807) is 12.4 Å². The molecule has 1 amide bonds. The zero-order valence-electron chi connectivity index (χ0n) is 13.3. The lowest BCUT2D eigenvalue weighted by Gasteiger charge is -2.26. The van der Waals surface area contributed by atoms with Gasteiger partial charge in [-0.3, -0.25) is 9.78 Å². The van der Waals surface area contributed by atoms with Gasteiger partial charge in [-0.2, -0.15) is 0 Å². The van der Waals surface area contributed by atoms with Crippen LogP contribution in [0.3, 0.4) is 0 Å². The molecule has 6 nitrogen and oxygen atoms in total. The summed E-state index contributed by atoms with van der Waals surface area (Å²) in [5.74, 6) is 1.45. The molecule has 0 saturated carbocycles. The van der Waals surface area contributed by atoms with Crippen molar-refractivity contribution in [1.82, 2.24) is 24.6 Å². The minimum atomic E-state index is 0.200. The molecule has 0 aromatic carbocycles. The molecule has 0 radical (unpaired) electrons. The first-order chi connectivity index (χ1) is 11.3. The van der Waals surface area contributed by atoms with E-state index < -0.39 is 0 Å². The van der Waals surface area contributed by atoms with Gasteiger partial charge >= 0.3 is 0 Å². The highest BCUT2D eigenvalue weighted by Crippen LogP contribution is 2.24. The summed E-state index contributed by atoms with van der Waals surface area (Å²) in [6, 6.07) is 3.84. The molecule has 122 valence electrons. The summed E-state index contributed by atoms with van der Waals surface area (Å²) in [5, 5.41) is 9.35. The van der Waals surface area contributed by atoms with Gasteiger partial charge in [0.1, 0.15) is 0 Å². The zero-order valence-corrected chi connectivity index (χ0v) is 14.1. The Labute approximate surface area is 140 Å². The topological polar surface area (TPSA) is 63.9 Å². The van der Waals surface area contributed by atoms with E-state index in [2.05, 4.69) is 22.1 Å². The van der Waals surface area contributed by atoms with Crippen LogP contribution in [-0.4, -0.2) is 49.4 Å². The van der Waals surface area contributed by atoms with E-state index in [9.17, 15) is 4.79 Å². The maximum Gasteiger partial charge on any atom is 0.233 e. The van der Waals surface area contributed by atoms with Crippen LogP contribution in [0, 0.1) is 0 Å². The van der Waals surface area contributed by atoms with Crippen molar-refractivity contribution in [1.29, 1.82) is 0 Å². The van der Waals surface area contributed by atoms with Gasteiger partial charge in [-0.1, -0.05) is 11.8 Å². The molecular formula is C16H21N5OS. The van der Waals surface area contributed by atoms with Gasteiger partial charge < -0.3 is 9.47 Å². The second-order valence-corrected chi connectivity index (χ2v) is 6.46. The Morgan fingerprint density at radius 2 is 1.91 bits per heavy atom. The van der Waals surface area contributed by atoms with Gasteiger partial charge in [-0.25, -0.2) is 0 Å². The van der Waals surface area contributed by atoms with Gasteiger partial charge in [0, 0.05) is 37.6 Å². The third kappa shape index (κ3) is 3.72. The van der Waals surface area contributed by atoms with E-state index in [-0.39, 0.29) is 5.91 Å². The number of hydrogen-bond donors (Lipinski definition) is 0. The van der Waals surface area contributed by atoms with Crippen LogP contribution in [0.5, 0.6) is 0 Å². The molecule has 1 fully saturated rings. The van der Waals surface area contributed by atoms with Gasteiger partial charge in [0.15, 0.2) is 11.0 Å². The molecule has 0 atom stereocenters. The Hall–Kier alpha value is -1.89. The Balaban J connectivity index is 1.68. The molecule has 3 heterocycles. The number of likely N-dealkylation sites (tertiary alicyclic amines) is 1. The monoisotopic (exact) mass is 331 g/mol. The van der Waals surface area contributed by atoms with E-state index in [1.165, 1.54) is 18.2 Å². The summed E-state index contributed by atoms with van der Waals surface area (Å²) in [4.78, 5) is 18.3. The summed E-state index contributed by atoms with van der Waals surface area (Å²) >= 11 is 1.47. The first-order valence-electron chi connectivity index (χ1n) is 8.03. The summed E-state index contributed by atoms with van der Waals surface area (Å²) in [5.41, 5.74) is 0.989. The molecule has 0 unspecified atom stereocenters. The smallest absolute Gasteiger partial charge is 0.233 e. The second-order valence-electron chi connectivity index (χ2n) is 5.52. The van der Waals surface area contributed by atoms with Crippen LogP contribution in [0.25, 0.3) is 11.4 Å². The van der Waals surface area contributed by atoms with Crippen LogP contribution < -0.4 is 0 Å². The van der Waals surface area contributed by atoms with Gasteiger partial charge in [0.25, 0.3) is 0 Å². The molecule has 0 spiro atoms. The molecule has 7 heteroatoms. The maximum atomic E-state index is 12.3. The standard InChI is InChI=1S/C16H21N5OS/c1-2-21-15(13-6-8-17-9-7-13)18-19-16(21)23-12-14(22)20-10-4-3-5-11-20/h6-9H,2-5,10-12H2,1H3. The van der Waals surface area contributed by atoms with Crippen LogP contribution in [0.1, 0.15) is 26.2 Å². The molecule has 1 aliphatic rings. The molecule has 2 aromatic rings. The maximum absolute atomic E-state index is 12.3. The summed E-state index contributed by atoms with van der Waals surface area (Å²) in [6.07, 6.45) is 6.96. The third-order valence-corrected chi connectivity index (χ3v) is 4.96. The van der Waals surface area contributed by atoms with Crippen molar-refractivity contribution in [2.45, 2.75) is 37.9 Å². The van der Waals surface area contributed by atoms with Gasteiger partial charge in [-0.15, -0.1) is 10.2 Å². The van der Waals surface area contributed by atoms with Gasteiger partial charge in [-0.05, 0) is 38.3 Å². The number of aromatic nitrogens is 4. The molecular weight excluding hydrogens is 310 g/mol. The van der Waals surface area contributed by atoms with Crippen LogP contribution in [0.15, 0.2) is 29.7 Å². The van der Waals surface area contributed by atoms with Crippen LogP contribution >= 0.6 is 11.8 Å². The molecule has 1 saturated heterocycles. The summed E-state index contributed by atoms with van der Waals surface area (Å²) in [6.45, 7) is 4.61. The van der Waals surface area contributed by atoms with Crippen LogP contribution in [-0.2, 0) is 11.3 Å². The highest BCUT2D eigenvalue weighted by Gasteiger charge is 2.19. The first-order valence-corrected chi connectivity index (χ1v) is 9.02. The number of rotatable bonds is 5. The number of pyridine rings is 1. The summed E-state index contributed by atoms with van der Waals surface area (Å²) in [7, 11) is 0. The Bertz CT molecular complexity index is 652. The van der Waals surface area contributed by atoms with E-state index in [4.69, 9.17) is 0 Å². The average Bonchev–Trinajstić information content (AvgIpc) is 3.04. The fourth-order valence-electron chi connectivity index (χ4n) is 2.76. The molecule has 23 heavy (non-hydrogen) atoms. The minimum Gasteiger partial charge on any atom is -0.342 e. The van der Waals surface area contributed by atoms with Crippen molar-refractivity contribution in [3.8, 4) is 11.4 Å². The molecule has 0 aliphatic carbocycles. The highest BCUT2D eigenvalue weighted by atomic mass is 32.2. The lowest BCUT2D eigenvalue weighted by atomic mass is 10.1. The lowest BCUT2D eigenvalue weighted by Crippen LogP contribution is -2.36. The fourth-order valence-corrected chi connectivity index (χ4v) is 3.66. The van der Waals surface area contributed by atoms with Crippen molar-refractivity contribution in [2.24, 2.45) is 0 Å². The van der Waals surface area contributed by atoms with Crippen molar-refractivity contribution >= 4 is 17.7 Å². The number of carbonyl (C=O) groups is 1. The SMILES string of the molecule is CCn1c(SCC(=O)N2CCCCC2)nnc1-c1ccncc1. The predicted octanol–water partition coefficient (Wildman–Crippen LogP) is 2.46. The van der Waals surface area contributed by atoms with Crippen molar-refractivity contribution in [2.75, 3.05) is 18.8 Å². The number of amides is 1. The highest BCUT2D eigenvalue weighted by molar-refractivity contribution is 7.99. The Morgan fingerprint density at radius 3 is 2.61 bits per heavy atom. The van der Waals surface area contributed by atoms with Crippen LogP contribution in [0.2, 0.25) is 0 Å². The van der Waals surface area contributed by atoms with E-state index >= 15 is 0 Å². The number of nitrogens with zero attached hydrogens (tertiary/aromatic N) is 5. The van der Waals surface area contributed by atoms with Crippen molar-refractivity contribution in [3.63, 3.8) is 0 Å². The normalized spacial score (nSPS) is 14.9. The fraction of sp³-hybridized carbons (Fsp3) is 0.500. The lowest BCUT2D eigenvalue weighted by molar-refractivity contribution is -0.129. The van der Waals surface area contributed by atoms with E-state index in [0.29, 0.717) is 5.75 Å². The van der Waals surface area contributed by atoms with Crippen molar-refractivity contribution in [3.05, 3.63) is 24.5 Å². The number of hydrogen-bond acceptors (Lipinski definition) is 5. The average molecular weight is 331 g/mol. The molecule has 2 aromatic heterocycles. The largest absolute Gasteiger partial charge is 0.342 e. The summed E-state index contributed by atoms with van der Waals surface area (Å²) < 4.78 is 2.05. The van der Waals surface area contributed by atoms with E-state index in [0.717, 1.165) is 49.0 Å². The molecule has 1 aliphatic heterocycles. The third-order valence-electron chi connectivity index (χ3n) is 4.01. The number of piperidine rings is 1. The quantitative estimate of drug-likeness (QED) is 0.788. The Kier molecular flexibility index (Phi) is 5.27. The predicted molar refractivity (Wildman–Crippen MR) is 90.1 cm³/mol. The van der Waals surface area contributed by atoms with Crippen molar-refractivity contribution < 1.29 is 4.79 Å². The molecule has 0 bridgehead atoms. The zero-order chi connectivity index (χ0) is 16.1. The number of carbonyl (C=O) groups excluding carboxylic acids is 1. The Morgan fingerprint density at radius 1 is 1.17 bits per heavy atom. The molecule has 3 rings (SSSR count). The van der Waals surface area contributed by atoms with Crippen LogP contribution in [0.4, 0.5) is 0 Å². The van der Waals surface area contributed by atoms with Gasteiger partial charge in [0.2, 0.25) is 5.91 Å². The first kappa shape index (κ1) is 16.0. The van der Waals surface area contributed by atoms with Gasteiger partial charge in [0.05, 0.1) is 5.75 Å².